The van der Waals surface area contributed by atoms with E-state index in [0.717, 1.165) is 5.01 Å². The van der Waals surface area contributed by atoms with E-state index in [-0.39, 0.29) is 6.42 Å². The van der Waals surface area contributed by atoms with Gasteiger partial charge in [-0.3, -0.25) is 4.79 Å². The van der Waals surface area contributed by atoms with Crippen molar-refractivity contribution in [3.05, 3.63) is 50.9 Å². The smallest absolute Gasteiger partial charge is 0.330 e. The summed E-state index contributed by atoms with van der Waals surface area (Å²) in [7, 11) is 0. The molecule has 1 aromatic carbocycles. The molecule has 0 saturated heterocycles. The summed E-state index contributed by atoms with van der Waals surface area (Å²) in [4.78, 5) is 27.5. The van der Waals surface area contributed by atoms with Crippen LogP contribution in [0.4, 0.5) is 0 Å². The summed E-state index contributed by atoms with van der Waals surface area (Å²) in [6, 6.07) is 5.36. The number of aromatic nitrogens is 1. The lowest BCUT2D eigenvalue weighted by atomic mass is 10.1. The Balaban J connectivity index is 2.12. The van der Waals surface area contributed by atoms with E-state index in [4.69, 9.17) is 11.6 Å². The minimum absolute atomic E-state index is 0.0403. The predicted octanol–water partition coefficient (Wildman–Crippen LogP) is 2.59. The Morgan fingerprint density at radius 3 is 2.71 bits per heavy atom. The number of benzene rings is 1. The Kier molecular flexibility index (Phi) is 4.93. The Bertz CT molecular complexity index is 672. The van der Waals surface area contributed by atoms with Gasteiger partial charge < -0.3 is 10.4 Å². The fraction of sp³-hybridized carbons (Fsp3) is 0.214. The van der Waals surface area contributed by atoms with Crippen LogP contribution in [0.15, 0.2) is 29.6 Å². The van der Waals surface area contributed by atoms with Crippen molar-refractivity contribution >= 4 is 34.8 Å². The lowest BCUT2D eigenvalue weighted by Gasteiger charge is -2.15. The molecule has 7 heteroatoms. The average Bonchev–Trinajstić information content (AvgIpc) is 2.82. The van der Waals surface area contributed by atoms with Crippen molar-refractivity contribution in [1.29, 1.82) is 0 Å². The minimum Gasteiger partial charge on any atom is -0.479 e. The molecule has 0 aliphatic carbocycles. The van der Waals surface area contributed by atoms with Crippen LogP contribution in [0, 0.1) is 6.92 Å². The monoisotopic (exact) mass is 324 g/mol. The molecule has 0 unspecified atom stereocenters. The number of amides is 1. The number of carbonyl (C=O) groups is 2. The first kappa shape index (κ1) is 15.5. The number of carboxylic acids is 1. The second kappa shape index (κ2) is 6.69. The quantitative estimate of drug-likeness (QED) is 0.886. The summed E-state index contributed by atoms with van der Waals surface area (Å²) in [5, 5.41) is 14.7. The molecule has 0 aliphatic heterocycles. The van der Waals surface area contributed by atoms with Gasteiger partial charge in [-0.25, -0.2) is 9.78 Å². The standard InChI is InChI=1S/C14H13ClN2O3S/c1-8-16-9(7-21-8)6-12(18)17-13(14(19)20)10-4-2-3-5-11(10)15/h2-5,7,13H,6H2,1H3,(H,17,18)(H,19,20)/t13-/m1/s1. The molecule has 21 heavy (non-hydrogen) atoms. The van der Waals surface area contributed by atoms with Crippen LogP contribution in [-0.2, 0) is 16.0 Å². The fourth-order valence-electron chi connectivity index (χ4n) is 1.85. The highest BCUT2D eigenvalue weighted by Gasteiger charge is 2.24. The van der Waals surface area contributed by atoms with Crippen LogP contribution in [0.2, 0.25) is 5.02 Å². The third-order valence-electron chi connectivity index (χ3n) is 2.78. The summed E-state index contributed by atoms with van der Waals surface area (Å²) < 4.78 is 0. The summed E-state index contributed by atoms with van der Waals surface area (Å²) >= 11 is 7.43. The van der Waals surface area contributed by atoms with E-state index in [9.17, 15) is 14.7 Å². The van der Waals surface area contributed by atoms with Gasteiger partial charge in [0.25, 0.3) is 0 Å². The number of nitrogens with one attached hydrogen (secondary N) is 1. The molecule has 110 valence electrons. The highest BCUT2D eigenvalue weighted by Crippen LogP contribution is 2.23. The van der Waals surface area contributed by atoms with E-state index in [0.29, 0.717) is 16.3 Å². The fourth-order valence-corrected chi connectivity index (χ4v) is 2.71. The lowest BCUT2D eigenvalue weighted by molar-refractivity contribution is -0.142. The van der Waals surface area contributed by atoms with Crippen molar-refractivity contribution in [2.24, 2.45) is 0 Å². The molecule has 1 heterocycles. The lowest BCUT2D eigenvalue weighted by Crippen LogP contribution is -2.35. The molecule has 1 aromatic heterocycles. The van der Waals surface area contributed by atoms with E-state index in [2.05, 4.69) is 10.3 Å². The van der Waals surface area contributed by atoms with Crippen molar-refractivity contribution in [3.63, 3.8) is 0 Å². The number of thiazole rings is 1. The minimum atomic E-state index is -1.18. The molecule has 0 bridgehead atoms. The van der Waals surface area contributed by atoms with Gasteiger partial charge in [0.1, 0.15) is 0 Å². The van der Waals surface area contributed by atoms with E-state index in [1.807, 2.05) is 6.92 Å². The maximum Gasteiger partial charge on any atom is 0.330 e. The molecule has 0 spiro atoms. The molecule has 5 nitrogen and oxygen atoms in total. The van der Waals surface area contributed by atoms with Gasteiger partial charge >= 0.3 is 5.97 Å². The zero-order valence-corrected chi connectivity index (χ0v) is 12.7. The number of hydrogen-bond acceptors (Lipinski definition) is 4. The van der Waals surface area contributed by atoms with Crippen LogP contribution in [0.1, 0.15) is 22.3 Å². The molecule has 2 N–H and O–H groups in total. The number of rotatable bonds is 5. The van der Waals surface area contributed by atoms with Crippen LogP contribution in [0.5, 0.6) is 0 Å². The molecule has 1 atom stereocenters. The van der Waals surface area contributed by atoms with Gasteiger partial charge in [0.2, 0.25) is 5.91 Å². The zero-order valence-electron chi connectivity index (χ0n) is 11.2. The normalized spacial score (nSPS) is 11.9. The number of nitrogens with zero attached hydrogens (tertiary/aromatic N) is 1. The second-order valence-electron chi connectivity index (χ2n) is 4.39. The van der Waals surface area contributed by atoms with E-state index >= 15 is 0 Å². The average molecular weight is 325 g/mol. The molecule has 2 aromatic rings. The van der Waals surface area contributed by atoms with E-state index in [1.54, 1.807) is 29.6 Å². The molecular formula is C14H13ClN2O3S. The SMILES string of the molecule is Cc1nc(CC(=O)N[C@@H](C(=O)O)c2ccccc2Cl)cs1. The summed E-state index contributed by atoms with van der Waals surface area (Å²) in [6.45, 7) is 1.84. The first-order chi connectivity index (χ1) is 9.97. The zero-order chi connectivity index (χ0) is 15.4. The van der Waals surface area contributed by atoms with Gasteiger partial charge in [-0.2, -0.15) is 0 Å². The Hall–Kier alpha value is -1.92. The van der Waals surface area contributed by atoms with Gasteiger partial charge in [0.15, 0.2) is 6.04 Å². The van der Waals surface area contributed by atoms with Crippen LogP contribution in [-0.4, -0.2) is 22.0 Å². The Morgan fingerprint density at radius 2 is 2.14 bits per heavy atom. The maximum atomic E-state index is 12.0. The summed E-state index contributed by atoms with van der Waals surface area (Å²) in [5.41, 5.74) is 0.979. The summed E-state index contributed by atoms with van der Waals surface area (Å²) in [5.74, 6) is -1.57. The van der Waals surface area contributed by atoms with Crippen molar-refractivity contribution in [2.75, 3.05) is 0 Å². The highest BCUT2D eigenvalue weighted by atomic mass is 35.5. The number of aryl methyl sites for hydroxylation is 1. The molecule has 1 amide bonds. The van der Waals surface area contributed by atoms with Crippen molar-refractivity contribution in [3.8, 4) is 0 Å². The number of carboxylic acid groups (broad SMARTS) is 1. The van der Waals surface area contributed by atoms with Gasteiger partial charge in [-0.1, -0.05) is 29.8 Å². The van der Waals surface area contributed by atoms with Crippen LogP contribution in [0.25, 0.3) is 0 Å². The molecule has 2 rings (SSSR count). The van der Waals surface area contributed by atoms with Gasteiger partial charge in [0.05, 0.1) is 17.1 Å². The Morgan fingerprint density at radius 1 is 1.43 bits per heavy atom. The van der Waals surface area contributed by atoms with Crippen molar-refractivity contribution in [1.82, 2.24) is 10.3 Å². The van der Waals surface area contributed by atoms with Crippen LogP contribution in [0.3, 0.4) is 0 Å². The highest BCUT2D eigenvalue weighted by molar-refractivity contribution is 7.09. The van der Waals surface area contributed by atoms with Crippen molar-refractivity contribution < 1.29 is 14.7 Å². The van der Waals surface area contributed by atoms with E-state index < -0.39 is 17.9 Å². The van der Waals surface area contributed by atoms with Gasteiger partial charge in [-0.15, -0.1) is 11.3 Å². The molecule has 0 aliphatic rings. The third kappa shape index (κ3) is 4.03. The topological polar surface area (TPSA) is 79.3 Å². The first-order valence-corrected chi connectivity index (χ1v) is 7.40. The van der Waals surface area contributed by atoms with Crippen LogP contribution >= 0.6 is 22.9 Å². The largest absolute Gasteiger partial charge is 0.479 e. The van der Waals surface area contributed by atoms with Gasteiger partial charge in [-0.05, 0) is 13.0 Å². The van der Waals surface area contributed by atoms with Crippen LogP contribution < -0.4 is 5.32 Å². The molecule has 0 saturated carbocycles. The number of halogens is 1. The third-order valence-corrected chi connectivity index (χ3v) is 3.94. The Labute approximate surface area is 130 Å². The first-order valence-electron chi connectivity index (χ1n) is 6.15. The van der Waals surface area contributed by atoms with E-state index in [1.165, 1.54) is 11.3 Å². The number of aliphatic carboxylic acids is 1. The predicted molar refractivity (Wildman–Crippen MR) is 80.5 cm³/mol. The molecular weight excluding hydrogens is 312 g/mol. The number of hydrogen-bond donors (Lipinski definition) is 2. The molecule has 0 radical (unpaired) electrons. The second-order valence-corrected chi connectivity index (χ2v) is 5.86. The number of carbonyl (C=O) groups excluding carboxylic acids is 1. The maximum absolute atomic E-state index is 12.0. The van der Waals surface area contributed by atoms with Crippen molar-refractivity contribution in [2.45, 2.75) is 19.4 Å². The molecule has 0 fully saturated rings. The van der Waals surface area contributed by atoms with Gasteiger partial charge in [0, 0.05) is 16.0 Å². The summed E-state index contributed by atoms with van der Waals surface area (Å²) in [6.07, 6.45) is 0.0403.